The number of carbonyl (C=O) groups is 1. The van der Waals surface area contributed by atoms with E-state index >= 15 is 0 Å². The SMILES string of the molecule is C=CC1NC(=O)CC1c1ccccc1. The Morgan fingerprint density at radius 3 is 2.71 bits per heavy atom. The van der Waals surface area contributed by atoms with E-state index in [2.05, 4.69) is 24.0 Å². The molecule has 1 saturated heterocycles. The van der Waals surface area contributed by atoms with Gasteiger partial charge >= 0.3 is 0 Å². The van der Waals surface area contributed by atoms with E-state index in [1.54, 1.807) is 0 Å². The zero-order valence-corrected chi connectivity index (χ0v) is 7.94. The summed E-state index contributed by atoms with van der Waals surface area (Å²) in [6, 6.07) is 10.2. The van der Waals surface area contributed by atoms with Crippen LogP contribution in [0.5, 0.6) is 0 Å². The molecule has 0 radical (unpaired) electrons. The Labute approximate surface area is 83.6 Å². The molecule has 0 saturated carbocycles. The van der Waals surface area contributed by atoms with Gasteiger partial charge in [0.25, 0.3) is 0 Å². The summed E-state index contributed by atoms with van der Waals surface area (Å²) in [5, 5.41) is 2.90. The maximum absolute atomic E-state index is 11.2. The summed E-state index contributed by atoms with van der Waals surface area (Å²) in [5.74, 6) is 0.366. The third-order valence-electron chi connectivity index (χ3n) is 2.65. The van der Waals surface area contributed by atoms with Crippen molar-refractivity contribution >= 4 is 5.91 Å². The Morgan fingerprint density at radius 1 is 1.36 bits per heavy atom. The first-order valence-electron chi connectivity index (χ1n) is 4.78. The van der Waals surface area contributed by atoms with Crippen molar-refractivity contribution in [2.75, 3.05) is 0 Å². The number of hydrogen-bond acceptors (Lipinski definition) is 1. The number of benzene rings is 1. The van der Waals surface area contributed by atoms with Crippen LogP contribution < -0.4 is 5.32 Å². The highest BCUT2D eigenvalue weighted by molar-refractivity contribution is 5.80. The van der Waals surface area contributed by atoms with E-state index in [0.29, 0.717) is 6.42 Å². The quantitative estimate of drug-likeness (QED) is 0.703. The highest BCUT2D eigenvalue weighted by Gasteiger charge is 2.30. The van der Waals surface area contributed by atoms with E-state index < -0.39 is 0 Å². The molecule has 0 aliphatic carbocycles. The molecule has 1 N–H and O–H groups in total. The predicted molar refractivity (Wildman–Crippen MR) is 55.9 cm³/mol. The van der Waals surface area contributed by atoms with Crippen molar-refractivity contribution in [1.29, 1.82) is 0 Å². The first-order chi connectivity index (χ1) is 6.81. The number of carbonyl (C=O) groups excluding carboxylic acids is 1. The summed E-state index contributed by atoms with van der Waals surface area (Å²) in [6.07, 6.45) is 2.38. The number of rotatable bonds is 2. The first-order valence-corrected chi connectivity index (χ1v) is 4.78. The van der Waals surface area contributed by atoms with E-state index in [1.165, 1.54) is 5.56 Å². The molecule has 2 rings (SSSR count). The molecule has 14 heavy (non-hydrogen) atoms. The van der Waals surface area contributed by atoms with E-state index in [0.717, 1.165) is 0 Å². The summed E-state index contributed by atoms with van der Waals surface area (Å²) in [7, 11) is 0. The standard InChI is InChI=1S/C12H13NO/c1-2-11-10(8-12(14)13-11)9-6-4-3-5-7-9/h2-7,10-11H,1,8H2,(H,13,14). The Kier molecular flexibility index (Phi) is 2.35. The molecule has 2 atom stereocenters. The molecule has 2 unspecified atom stereocenters. The first kappa shape index (κ1) is 9.00. The zero-order chi connectivity index (χ0) is 9.97. The molecule has 0 spiro atoms. The van der Waals surface area contributed by atoms with Gasteiger partial charge in [0.15, 0.2) is 0 Å². The number of amides is 1. The fourth-order valence-electron chi connectivity index (χ4n) is 1.92. The normalized spacial score (nSPS) is 25.9. The van der Waals surface area contributed by atoms with Crippen LogP contribution in [0.1, 0.15) is 17.9 Å². The molecule has 1 aromatic rings. The van der Waals surface area contributed by atoms with E-state index in [1.807, 2.05) is 24.3 Å². The van der Waals surface area contributed by atoms with Crippen LogP contribution in [0, 0.1) is 0 Å². The average Bonchev–Trinajstić information content (AvgIpc) is 2.61. The smallest absolute Gasteiger partial charge is 0.221 e. The van der Waals surface area contributed by atoms with Crippen LogP contribution in [0.15, 0.2) is 43.0 Å². The zero-order valence-electron chi connectivity index (χ0n) is 7.94. The van der Waals surface area contributed by atoms with Gasteiger partial charge in [-0.15, -0.1) is 6.58 Å². The number of nitrogens with one attached hydrogen (secondary N) is 1. The largest absolute Gasteiger partial charge is 0.349 e. The van der Waals surface area contributed by atoms with Crippen molar-refractivity contribution in [3.63, 3.8) is 0 Å². The molecule has 2 nitrogen and oxygen atoms in total. The second kappa shape index (κ2) is 3.66. The van der Waals surface area contributed by atoms with E-state index in [4.69, 9.17) is 0 Å². The minimum atomic E-state index is 0.0879. The summed E-state index contributed by atoms with van der Waals surface area (Å²) in [6.45, 7) is 3.74. The van der Waals surface area contributed by atoms with Gasteiger partial charge in [0.1, 0.15) is 0 Å². The Balaban J connectivity index is 2.26. The lowest BCUT2D eigenvalue weighted by Gasteiger charge is -2.14. The maximum Gasteiger partial charge on any atom is 0.221 e. The molecule has 1 fully saturated rings. The van der Waals surface area contributed by atoms with Crippen LogP contribution in [0.3, 0.4) is 0 Å². The van der Waals surface area contributed by atoms with Crippen molar-refractivity contribution in [3.8, 4) is 0 Å². The molecule has 0 bridgehead atoms. The second-order valence-electron chi connectivity index (χ2n) is 3.55. The summed E-state index contributed by atoms with van der Waals surface area (Å²) < 4.78 is 0. The topological polar surface area (TPSA) is 29.1 Å². The minimum absolute atomic E-state index is 0.0879. The van der Waals surface area contributed by atoms with Crippen molar-refractivity contribution in [1.82, 2.24) is 5.32 Å². The molecule has 1 heterocycles. The molecule has 1 aliphatic rings. The Bertz CT molecular complexity index is 345. The van der Waals surface area contributed by atoms with Gasteiger partial charge in [-0.2, -0.15) is 0 Å². The molecular weight excluding hydrogens is 174 g/mol. The molecule has 1 amide bonds. The highest BCUT2D eigenvalue weighted by Crippen LogP contribution is 2.28. The van der Waals surface area contributed by atoms with Gasteiger partial charge in [-0.3, -0.25) is 4.79 Å². The molecule has 1 aromatic carbocycles. The Morgan fingerprint density at radius 2 is 2.07 bits per heavy atom. The lowest BCUT2D eigenvalue weighted by atomic mass is 9.92. The van der Waals surface area contributed by atoms with Gasteiger partial charge in [-0.1, -0.05) is 36.4 Å². The number of hydrogen-bond donors (Lipinski definition) is 1. The van der Waals surface area contributed by atoms with Crippen molar-refractivity contribution < 1.29 is 4.79 Å². The third-order valence-corrected chi connectivity index (χ3v) is 2.65. The van der Waals surface area contributed by atoms with Gasteiger partial charge in [0.05, 0.1) is 6.04 Å². The van der Waals surface area contributed by atoms with Crippen LogP contribution in [0.2, 0.25) is 0 Å². The van der Waals surface area contributed by atoms with E-state index in [-0.39, 0.29) is 17.9 Å². The fraction of sp³-hybridized carbons (Fsp3) is 0.250. The van der Waals surface area contributed by atoms with Gasteiger partial charge in [-0.25, -0.2) is 0 Å². The highest BCUT2D eigenvalue weighted by atomic mass is 16.1. The van der Waals surface area contributed by atoms with Gasteiger partial charge < -0.3 is 5.32 Å². The average molecular weight is 187 g/mol. The van der Waals surface area contributed by atoms with Crippen molar-refractivity contribution in [3.05, 3.63) is 48.6 Å². The molecule has 0 aromatic heterocycles. The molecule has 1 aliphatic heterocycles. The molecular formula is C12H13NO. The lowest BCUT2D eigenvalue weighted by molar-refractivity contribution is -0.119. The van der Waals surface area contributed by atoms with Gasteiger partial charge in [0.2, 0.25) is 5.91 Å². The van der Waals surface area contributed by atoms with Crippen LogP contribution >= 0.6 is 0 Å². The second-order valence-corrected chi connectivity index (χ2v) is 3.55. The van der Waals surface area contributed by atoms with E-state index in [9.17, 15) is 4.79 Å². The third kappa shape index (κ3) is 1.55. The summed E-state index contributed by atoms with van der Waals surface area (Å²) >= 11 is 0. The van der Waals surface area contributed by atoms with Crippen molar-refractivity contribution in [2.24, 2.45) is 0 Å². The van der Waals surface area contributed by atoms with Crippen LogP contribution in [-0.4, -0.2) is 11.9 Å². The monoisotopic (exact) mass is 187 g/mol. The lowest BCUT2D eigenvalue weighted by Crippen LogP contribution is -2.25. The summed E-state index contributed by atoms with van der Waals surface area (Å²) in [4.78, 5) is 11.2. The van der Waals surface area contributed by atoms with Gasteiger partial charge in [0, 0.05) is 12.3 Å². The fourth-order valence-corrected chi connectivity index (χ4v) is 1.92. The minimum Gasteiger partial charge on any atom is -0.349 e. The maximum atomic E-state index is 11.2. The van der Waals surface area contributed by atoms with Gasteiger partial charge in [-0.05, 0) is 5.56 Å². The molecule has 2 heteroatoms. The van der Waals surface area contributed by atoms with Crippen LogP contribution in [0.4, 0.5) is 0 Å². The van der Waals surface area contributed by atoms with Crippen molar-refractivity contribution in [2.45, 2.75) is 18.4 Å². The molecule has 72 valence electrons. The van der Waals surface area contributed by atoms with Crippen LogP contribution in [0.25, 0.3) is 0 Å². The Hall–Kier alpha value is -1.57. The predicted octanol–water partition coefficient (Wildman–Crippen LogP) is 1.84. The summed E-state index contributed by atoms with van der Waals surface area (Å²) in [5.41, 5.74) is 1.20. The van der Waals surface area contributed by atoms with Crippen LogP contribution in [-0.2, 0) is 4.79 Å².